The van der Waals surface area contributed by atoms with Gasteiger partial charge in [-0.1, -0.05) is 12.8 Å². The number of hydrogen-bond acceptors (Lipinski definition) is 7. The zero-order chi connectivity index (χ0) is 24.3. The zero-order valence-electron chi connectivity index (χ0n) is 18.9. The number of benzene rings is 1. The van der Waals surface area contributed by atoms with E-state index < -0.39 is 16.5 Å². The molecule has 10 nitrogen and oxygen atoms in total. The Morgan fingerprint density at radius 2 is 1.85 bits per heavy atom. The van der Waals surface area contributed by atoms with Gasteiger partial charge >= 0.3 is 0 Å². The van der Waals surface area contributed by atoms with Crippen molar-refractivity contribution in [3.8, 4) is 6.07 Å². The van der Waals surface area contributed by atoms with E-state index in [-0.39, 0.29) is 29.0 Å². The molecule has 5 N–H and O–H groups in total. The van der Waals surface area contributed by atoms with Crippen LogP contribution >= 0.6 is 10.6 Å². The lowest BCUT2D eigenvalue weighted by Crippen LogP contribution is -2.42. The highest BCUT2D eigenvalue weighted by molar-refractivity contribution is 8.24. The lowest BCUT2D eigenvalue weighted by Gasteiger charge is -2.40. The molecule has 0 radical (unpaired) electrons. The summed E-state index contributed by atoms with van der Waals surface area (Å²) >= 11 is 0. The summed E-state index contributed by atoms with van der Waals surface area (Å²) in [5, 5.41) is 17.0. The molecule has 0 spiro atoms. The summed E-state index contributed by atoms with van der Waals surface area (Å²) in [6, 6.07) is 8.92. The first-order valence-corrected chi connectivity index (χ1v) is 13.3. The van der Waals surface area contributed by atoms with Gasteiger partial charge < -0.3 is 16.0 Å². The van der Waals surface area contributed by atoms with Gasteiger partial charge in [0.25, 0.3) is 11.8 Å². The monoisotopic (exact) mass is 486 g/mol. The molecule has 0 bridgehead atoms. The number of amides is 2. The van der Waals surface area contributed by atoms with Crippen molar-refractivity contribution < 1.29 is 18.7 Å². The van der Waals surface area contributed by atoms with E-state index in [2.05, 4.69) is 16.5 Å². The highest BCUT2D eigenvalue weighted by atomic mass is 32.3. The van der Waals surface area contributed by atoms with Crippen LogP contribution in [0.3, 0.4) is 0 Å². The Bertz CT molecular complexity index is 1080. The van der Waals surface area contributed by atoms with Gasteiger partial charge in [-0.2, -0.15) is 21.0 Å². The lowest BCUT2D eigenvalue weighted by molar-refractivity contribution is 0.0767. The molecule has 11 heteroatoms. The van der Waals surface area contributed by atoms with Gasteiger partial charge in [0.2, 0.25) is 0 Å². The van der Waals surface area contributed by atoms with Gasteiger partial charge in [-0.05, 0) is 43.0 Å². The van der Waals surface area contributed by atoms with Crippen LogP contribution in [0.1, 0.15) is 58.9 Å². The number of carbonyl (C=O) groups is 2. The van der Waals surface area contributed by atoms with Crippen LogP contribution in [0.5, 0.6) is 0 Å². The van der Waals surface area contributed by atoms with Crippen LogP contribution in [0.25, 0.3) is 0 Å². The predicted octanol–water partition coefficient (Wildman–Crippen LogP) is 3.58. The van der Waals surface area contributed by atoms with Crippen molar-refractivity contribution in [1.82, 2.24) is 14.7 Å². The Morgan fingerprint density at radius 3 is 2.44 bits per heavy atom. The smallest absolute Gasteiger partial charge is 0.254 e. The second kappa shape index (κ2) is 10.0. The molecule has 34 heavy (non-hydrogen) atoms. The number of nitrogens with zero attached hydrogens (tertiary/aromatic N) is 4. The van der Waals surface area contributed by atoms with Crippen LogP contribution < -0.4 is 11.1 Å². The quantitative estimate of drug-likeness (QED) is 0.466. The molecule has 2 amide bonds. The largest absolute Gasteiger partial charge is 0.365 e. The molecule has 2 aliphatic rings. The molecule has 182 valence electrons. The number of primary amides is 1. The van der Waals surface area contributed by atoms with E-state index in [1.807, 2.05) is 0 Å². The summed E-state index contributed by atoms with van der Waals surface area (Å²) in [5.74, 6) is 0.276. The maximum Gasteiger partial charge on any atom is 0.254 e. The Kier molecular flexibility index (Phi) is 7.11. The van der Waals surface area contributed by atoms with Crippen molar-refractivity contribution in [3.05, 3.63) is 41.6 Å². The Hall–Kier alpha value is -3.07. The molecule has 2 aromatic rings. The van der Waals surface area contributed by atoms with Gasteiger partial charge in [0.1, 0.15) is 5.56 Å². The molecule has 2 heterocycles. The maximum absolute atomic E-state index is 12.7. The average Bonchev–Trinajstić information content (AvgIpc) is 3.48. The zero-order valence-corrected chi connectivity index (χ0v) is 19.7. The Balaban J connectivity index is 1.49. The molecule has 1 aliphatic carbocycles. The number of nitrogens with two attached hydrogens (primary N) is 1. The predicted molar refractivity (Wildman–Crippen MR) is 130 cm³/mol. The summed E-state index contributed by atoms with van der Waals surface area (Å²) in [5.41, 5.74) is 6.96. The van der Waals surface area contributed by atoms with Gasteiger partial charge in [0, 0.05) is 30.5 Å². The molecule has 1 saturated carbocycles. The van der Waals surface area contributed by atoms with Crippen molar-refractivity contribution in [3.63, 3.8) is 0 Å². The van der Waals surface area contributed by atoms with Gasteiger partial charge in [0.05, 0.1) is 30.0 Å². The van der Waals surface area contributed by atoms with Gasteiger partial charge in [-0.3, -0.25) is 23.4 Å². The number of aromatic nitrogens is 2. The first-order chi connectivity index (χ1) is 16.3. The summed E-state index contributed by atoms with van der Waals surface area (Å²) < 4.78 is 21.2. The summed E-state index contributed by atoms with van der Waals surface area (Å²) in [4.78, 5) is 26.4. The van der Waals surface area contributed by atoms with Gasteiger partial charge in [-0.25, -0.2) is 0 Å². The van der Waals surface area contributed by atoms with E-state index in [9.17, 15) is 24.0 Å². The number of hydrogen-bond donors (Lipinski definition) is 4. The first-order valence-electron chi connectivity index (χ1n) is 11.4. The molecule has 1 unspecified atom stereocenters. The second-order valence-corrected chi connectivity index (χ2v) is 11.3. The molecule has 2 fully saturated rings. The molecule has 1 aromatic heterocycles. The fraction of sp³-hybridized carbons (Fsp3) is 0.478. The third-order valence-electron chi connectivity index (χ3n) is 6.64. The van der Waals surface area contributed by atoms with Crippen molar-refractivity contribution in [2.24, 2.45) is 11.7 Å². The maximum atomic E-state index is 12.7. The second-order valence-electron chi connectivity index (χ2n) is 8.91. The average molecular weight is 487 g/mol. The summed E-state index contributed by atoms with van der Waals surface area (Å²) in [7, 11) is -2.57. The van der Waals surface area contributed by atoms with E-state index in [0.717, 1.165) is 25.7 Å². The highest BCUT2D eigenvalue weighted by Gasteiger charge is 2.29. The summed E-state index contributed by atoms with van der Waals surface area (Å²) in [6.07, 6.45) is 6.26. The minimum Gasteiger partial charge on any atom is -0.365 e. The number of nitrogens with one attached hydrogen (secondary N) is 1. The first kappa shape index (κ1) is 24.1. The van der Waals surface area contributed by atoms with E-state index >= 15 is 0 Å². The minimum absolute atomic E-state index is 0.107. The van der Waals surface area contributed by atoms with Crippen LogP contribution in [0.15, 0.2) is 30.5 Å². The summed E-state index contributed by atoms with van der Waals surface area (Å²) in [6.45, 7) is 0.622. The standard InChI is InChI=1S/C23H30N6O4S/c24-10-9-20(16-3-1-2-4-16)29-15-19(21(25)30)22(27-29)26-18-7-5-17(6-8-18)23(31)28-11-13-34(32,33)14-12-28/h5-8,15-16,20,32-33H,1-4,9,11-14H2,(H2,25,30)(H,26,27). The van der Waals surface area contributed by atoms with Crippen molar-refractivity contribution in [1.29, 1.82) is 5.26 Å². The van der Waals surface area contributed by atoms with Crippen LogP contribution in [-0.2, 0) is 0 Å². The van der Waals surface area contributed by atoms with Crippen LogP contribution in [-0.4, -0.2) is 60.2 Å². The third kappa shape index (κ3) is 5.35. The normalized spacial score (nSPS) is 19.9. The van der Waals surface area contributed by atoms with E-state index in [0.29, 0.717) is 42.5 Å². The molecule has 1 aromatic carbocycles. The molecule has 4 rings (SSSR count). The van der Waals surface area contributed by atoms with Crippen LogP contribution in [0.4, 0.5) is 11.5 Å². The molecular formula is C23H30N6O4S. The Morgan fingerprint density at radius 1 is 1.21 bits per heavy atom. The highest BCUT2D eigenvalue weighted by Crippen LogP contribution is 2.40. The molecule has 1 atom stereocenters. The van der Waals surface area contributed by atoms with Gasteiger partial charge in [-0.15, -0.1) is 0 Å². The van der Waals surface area contributed by atoms with Crippen LogP contribution in [0, 0.1) is 17.2 Å². The van der Waals surface area contributed by atoms with Crippen molar-refractivity contribution in [2.75, 3.05) is 29.9 Å². The Labute approximate surface area is 200 Å². The molecule has 1 aliphatic heterocycles. The third-order valence-corrected chi connectivity index (χ3v) is 8.31. The number of nitriles is 1. The minimum atomic E-state index is -2.57. The SMILES string of the molecule is N#CCC(C1CCCC1)n1cc(C(N)=O)c(Nc2ccc(C(=O)N3CCS(O)(O)CC3)cc2)n1. The lowest BCUT2D eigenvalue weighted by atomic mass is 9.96. The van der Waals surface area contributed by atoms with Crippen LogP contribution in [0.2, 0.25) is 0 Å². The molecular weight excluding hydrogens is 456 g/mol. The number of anilines is 2. The topological polar surface area (TPSA) is 158 Å². The van der Waals surface area contributed by atoms with E-state index in [4.69, 9.17) is 5.73 Å². The van der Waals surface area contributed by atoms with Crippen molar-refractivity contribution >= 4 is 33.9 Å². The van der Waals surface area contributed by atoms with Crippen molar-refractivity contribution in [2.45, 2.75) is 38.1 Å². The number of rotatable bonds is 7. The number of carbonyl (C=O) groups excluding carboxylic acids is 2. The fourth-order valence-electron chi connectivity index (χ4n) is 4.69. The van der Waals surface area contributed by atoms with E-state index in [1.54, 1.807) is 40.0 Å². The fourth-order valence-corrected chi connectivity index (χ4v) is 5.92. The van der Waals surface area contributed by atoms with Gasteiger partial charge in [0.15, 0.2) is 5.82 Å². The molecule has 1 saturated heterocycles. The van der Waals surface area contributed by atoms with E-state index in [1.165, 1.54) is 0 Å².